The summed E-state index contributed by atoms with van der Waals surface area (Å²) >= 11 is 0. The van der Waals surface area contributed by atoms with Crippen LogP contribution in [-0.2, 0) is 23.0 Å². The highest BCUT2D eigenvalue weighted by Crippen LogP contribution is 2.27. The number of aliphatic carboxylic acids is 1. The second-order valence-electron chi connectivity index (χ2n) is 9.93. The number of aromatic nitrogens is 2. The van der Waals surface area contributed by atoms with E-state index in [0.717, 1.165) is 23.3 Å². The molecule has 0 saturated heterocycles. The van der Waals surface area contributed by atoms with Crippen molar-refractivity contribution in [3.63, 3.8) is 0 Å². The molecular weight excluding hydrogens is 430 g/mol. The maximum atomic E-state index is 12.8. The van der Waals surface area contributed by atoms with E-state index in [4.69, 9.17) is 4.74 Å². The van der Waals surface area contributed by atoms with Crippen molar-refractivity contribution in [2.45, 2.75) is 53.1 Å². The zero-order valence-corrected chi connectivity index (χ0v) is 20.9. The fraction of sp³-hybridized carbons (Fsp3) is 0.444. The second-order valence-corrected chi connectivity index (χ2v) is 9.93. The topological polar surface area (TPSA) is 93.4 Å². The predicted molar refractivity (Wildman–Crippen MR) is 132 cm³/mol. The summed E-state index contributed by atoms with van der Waals surface area (Å²) in [6.45, 7) is 9.84. The van der Waals surface area contributed by atoms with Gasteiger partial charge in [0, 0.05) is 19.2 Å². The first-order chi connectivity index (χ1) is 16.0. The van der Waals surface area contributed by atoms with Gasteiger partial charge in [0.1, 0.15) is 11.5 Å². The number of ether oxygens (including phenoxy) is 1. The Morgan fingerprint density at radius 2 is 1.94 bits per heavy atom. The lowest BCUT2D eigenvalue weighted by molar-refractivity contribution is -0.156. The van der Waals surface area contributed by atoms with Gasteiger partial charge in [-0.15, -0.1) is 0 Å². The number of nitrogens with zero attached hydrogens (tertiary/aromatic N) is 2. The maximum absolute atomic E-state index is 12.8. The summed E-state index contributed by atoms with van der Waals surface area (Å²) in [5, 5.41) is 16.8. The van der Waals surface area contributed by atoms with Gasteiger partial charge in [-0.3, -0.25) is 9.48 Å². The maximum Gasteiger partial charge on any atom is 0.347 e. The molecule has 1 aromatic heterocycles. The lowest BCUT2D eigenvalue weighted by Crippen LogP contribution is -2.35. The predicted octanol–water partition coefficient (Wildman–Crippen LogP) is 4.75. The number of carboxylic acid groups (broad SMARTS) is 1. The Morgan fingerprint density at radius 1 is 1.26 bits per heavy atom. The standard InChI is InChI=1S/C27H35N3O4/c1-17(2)13-19-7-10-21(11-8-19)22-15-23(30(6)29-22)25(31)28-16-20-9-12-24(18(3)14-20)34-27(4,5)26(32)33/h7-12,15,17,20H,13-14,16H2,1-6H3,(H,28,31)(H,32,33). The molecule has 0 spiro atoms. The third-order valence-electron chi connectivity index (χ3n) is 5.92. The van der Waals surface area contributed by atoms with Crippen molar-refractivity contribution < 1.29 is 19.4 Å². The molecule has 1 heterocycles. The van der Waals surface area contributed by atoms with Gasteiger partial charge >= 0.3 is 5.97 Å². The quantitative estimate of drug-likeness (QED) is 0.558. The molecular formula is C27H35N3O4. The van der Waals surface area contributed by atoms with E-state index in [9.17, 15) is 14.7 Å². The van der Waals surface area contributed by atoms with Gasteiger partial charge in [0.2, 0.25) is 0 Å². The highest BCUT2D eigenvalue weighted by atomic mass is 16.5. The molecule has 1 aliphatic carbocycles. The molecule has 0 bridgehead atoms. The van der Waals surface area contributed by atoms with Gasteiger partial charge < -0.3 is 15.2 Å². The van der Waals surface area contributed by atoms with Gasteiger partial charge in [0.15, 0.2) is 5.60 Å². The number of aryl methyl sites for hydroxylation is 1. The third kappa shape index (κ3) is 6.16. The van der Waals surface area contributed by atoms with Crippen LogP contribution < -0.4 is 5.32 Å². The fourth-order valence-corrected chi connectivity index (χ4v) is 3.93. The number of nitrogens with one attached hydrogen (secondary N) is 1. The minimum atomic E-state index is -1.30. The summed E-state index contributed by atoms with van der Waals surface area (Å²) < 4.78 is 7.28. The average Bonchev–Trinajstić information content (AvgIpc) is 3.15. The molecule has 1 atom stereocenters. The zero-order valence-electron chi connectivity index (χ0n) is 20.9. The Balaban J connectivity index is 1.60. The van der Waals surface area contributed by atoms with Crippen molar-refractivity contribution in [2.24, 2.45) is 18.9 Å². The summed E-state index contributed by atoms with van der Waals surface area (Å²) in [7, 11) is 1.77. The molecule has 0 saturated carbocycles. The molecule has 2 aromatic rings. The minimum Gasteiger partial charge on any atom is -0.478 e. The highest BCUT2D eigenvalue weighted by molar-refractivity contribution is 5.93. The molecule has 2 N–H and O–H groups in total. The van der Waals surface area contributed by atoms with Crippen molar-refractivity contribution in [3.8, 4) is 11.3 Å². The van der Waals surface area contributed by atoms with Gasteiger partial charge in [-0.25, -0.2) is 4.79 Å². The van der Waals surface area contributed by atoms with E-state index in [-0.39, 0.29) is 11.8 Å². The van der Waals surface area contributed by atoms with Crippen molar-refractivity contribution >= 4 is 11.9 Å². The SMILES string of the molecule is CC1=C(OC(C)(C)C(=O)O)C=CC(CNC(=O)c2cc(-c3ccc(CC(C)C)cc3)nn2C)C1. The van der Waals surface area contributed by atoms with E-state index in [0.29, 0.717) is 30.3 Å². The van der Waals surface area contributed by atoms with Crippen molar-refractivity contribution in [1.29, 1.82) is 0 Å². The first-order valence-electron chi connectivity index (χ1n) is 11.7. The minimum absolute atomic E-state index is 0.102. The van der Waals surface area contributed by atoms with Crippen LogP contribution in [0.15, 0.2) is 53.8 Å². The van der Waals surface area contributed by atoms with Crippen LogP contribution in [0.25, 0.3) is 11.3 Å². The number of rotatable bonds is 9. The number of benzene rings is 1. The van der Waals surface area contributed by atoms with E-state index in [1.165, 1.54) is 19.4 Å². The molecule has 0 fully saturated rings. The van der Waals surface area contributed by atoms with Crippen LogP contribution in [0.3, 0.4) is 0 Å². The van der Waals surface area contributed by atoms with E-state index in [1.54, 1.807) is 17.8 Å². The number of amides is 1. The molecule has 1 aliphatic rings. The van der Waals surface area contributed by atoms with Gasteiger partial charge in [-0.1, -0.05) is 44.2 Å². The van der Waals surface area contributed by atoms with E-state index in [2.05, 4.69) is 48.5 Å². The molecule has 7 nitrogen and oxygen atoms in total. The van der Waals surface area contributed by atoms with Gasteiger partial charge in [0.05, 0.1) is 5.69 Å². The zero-order chi connectivity index (χ0) is 25.0. The molecule has 182 valence electrons. The highest BCUT2D eigenvalue weighted by Gasteiger charge is 2.31. The molecule has 34 heavy (non-hydrogen) atoms. The Morgan fingerprint density at radius 3 is 2.53 bits per heavy atom. The van der Waals surface area contributed by atoms with Crippen LogP contribution >= 0.6 is 0 Å². The Kier molecular flexibility index (Phi) is 7.64. The number of hydrogen-bond acceptors (Lipinski definition) is 4. The summed E-state index contributed by atoms with van der Waals surface area (Å²) in [6, 6.07) is 10.1. The van der Waals surface area contributed by atoms with Gasteiger partial charge in [-0.2, -0.15) is 5.10 Å². The van der Waals surface area contributed by atoms with Crippen molar-refractivity contribution in [2.75, 3.05) is 6.54 Å². The Labute approximate surface area is 201 Å². The van der Waals surface area contributed by atoms with Crippen LogP contribution in [0.5, 0.6) is 0 Å². The smallest absolute Gasteiger partial charge is 0.347 e. The first kappa shape index (κ1) is 25.3. The van der Waals surface area contributed by atoms with E-state index in [1.807, 2.05) is 19.1 Å². The van der Waals surface area contributed by atoms with Gasteiger partial charge in [-0.05, 0) is 68.7 Å². The monoisotopic (exact) mass is 465 g/mol. The normalized spacial score (nSPS) is 16.1. The number of hydrogen-bond donors (Lipinski definition) is 2. The molecule has 1 unspecified atom stereocenters. The van der Waals surface area contributed by atoms with Crippen LogP contribution in [0.4, 0.5) is 0 Å². The summed E-state index contributed by atoms with van der Waals surface area (Å²) in [4.78, 5) is 24.2. The average molecular weight is 466 g/mol. The Bertz CT molecular complexity index is 1110. The van der Waals surface area contributed by atoms with Crippen LogP contribution in [0.2, 0.25) is 0 Å². The summed E-state index contributed by atoms with van der Waals surface area (Å²) in [6.07, 6.45) is 5.46. The fourth-order valence-electron chi connectivity index (χ4n) is 3.93. The molecule has 7 heteroatoms. The van der Waals surface area contributed by atoms with E-state index >= 15 is 0 Å². The summed E-state index contributed by atoms with van der Waals surface area (Å²) in [5.74, 6) is 0.0838. The van der Waals surface area contributed by atoms with Crippen LogP contribution in [0, 0.1) is 11.8 Å². The molecule has 1 amide bonds. The second kappa shape index (κ2) is 10.3. The molecule has 0 aliphatic heterocycles. The molecule has 1 aromatic carbocycles. The lowest BCUT2D eigenvalue weighted by Gasteiger charge is -2.27. The van der Waals surface area contributed by atoms with Crippen molar-refractivity contribution in [3.05, 3.63) is 65.1 Å². The Hall–Kier alpha value is -3.35. The lowest BCUT2D eigenvalue weighted by atomic mass is 9.93. The largest absolute Gasteiger partial charge is 0.478 e. The molecule has 3 rings (SSSR count). The number of carbonyl (C=O) groups excluding carboxylic acids is 1. The summed E-state index contributed by atoms with van der Waals surface area (Å²) in [5.41, 5.74) is 3.20. The van der Waals surface area contributed by atoms with Crippen LogP contribution in [0.1, 0.15) is 57.1 Å². The number of carbonyl (C=O) groups is 2. The molecule has 0 radical (unpaired) electrons. The van der Waals surface area contributed by atoms with Gasteiger partial charge in [0.25, 0.3) is 5.91 Å². The third-order valence-corrected chi connectivity index (χ3v) is 5.92. The van der Waals surface area contributed by atoms with Crippen molar-refractivity contribution in [1.82, 2.24) is 15.1 Å². The van der Waals surface area contributed by atoms with E-state index < -0.39 is 11.6 Å². The van der Waals surface area contributed by atoms with Crippen LogP contribution in [-0.4, -0.2) is 38.9 Å². The first-order valence-corrected chi connectivity index (χ1v) is 11.7. The number of allylic oxidation sites excluding steroid dienone is 2. The number of carboxylic acids is 1.